The van der Waals surface area contributed by atoms with Crippen LogP contribution in [0.15, 0.2) is 138 Å². The Balaban J connectivity index is 1.28. The van der Waals surface area contributed by atoms with Gasteiger partial charge in [0, 0.05) is 31.7 Å². The molecule has 1 aliphatic rings. The van der Waals surface area contributed by atoms with Gasteiger partial charge < -0.3 is 19.1 Å². The number of carbonyl (C=O) groups is 1. The molecule has 5 aromatic carbocycles. The van der Waals surface area contributed by atoms with Gasteiger partial charge >= 0.3 is 0 Å². The van der Waals surface area contributed by atoms with E-state index >= 15 is 0 Å². The Labute approximate surface area is 275 Å². The number of piperazine rings is 1. The summed E-state index contributed by atoms with van der Waals surface area (Å²) in [7, 11) is -3.65. The van der Waals surface area contributed by atoms with Crippen molar-refractivity contribution in [3.05, 3.63) is 156 Å². The second-order valence-electron chi connectivity index (χ2n) is 11.1. The lowest BCUT2D eigenvalue weighted by Gasteiger charge is -2.34. The number of rotatable bonds is 12. The predicted molar refractivity (Wildman–Crippen MR) is 180 cm³/mol. The molecule has 1 fully saturated rings. The molecule has 1 aliphatic heterocycles. The molecule has 0 unspecified atom stereocenters. The van der Waals surface area contributed by atoms with Gasteiger partial charge in [0.2, 0.25) is 15.8 Å². The van der Waals surface area contributed by atoms with E-state index in [1.165, 1.54) is 4.31 Å². The van der Waals surface area contributed by atoms with Crippen LogP contribution in [0.3, 0.4) is 0 Å². The van der Waals surface area contributed by atoms with Gasteiger partial charge in [0.1, 0.15) is 19.8 Å². The highest BCUT2D eigenvalue weighted by Gasteiger charge is 2.31. The lowest BCUT2D eigenvalue weighted by Crippen LogP contribution is -2.50. The molecule has 0 bridgehead atoms. The van der Waals surface area contributed by atoms with Crippen LogP contribution in [0, 0.1) is 0 Å². The summed E-state index contributed by atoms with van der Waals surface area (Å²) in [5.41, 5.74) is 3.25. The SMILES string of the molecule is O=C(c1cc(OCc2ccccc2)c(OCc2ccccc2)c(OCc2ccccc2)c1)N1CCN(S(=O)(=O)c2ccccc2)CC1. The van der Waals surface area contributed by atoms with Crippen molar-refractivity contribution < 1.29 is 27.4 Å². The van der Waals surface area contributed by atoms with Crippen LogP contribution in [0.5, 0.6) is 17.2 Å². The first kappa shape index (κ1) is 31.8. The molecule has 0 aromatic heterocycles. The van der Waals surface area contributed by atoms with Gasteiger partial charge in [0.15, 0.2) is 11.5 Å². The van der Waals surface area contributed by atoms with Gasteiger partial charge in [-0.15, -0.1) is 0 Å². The van der Waals surface area contributed by atoms with E-state index in [1.807, 2.05) is 91.0 Å². The molecule has 0 N–H and O–H groups in total. The van der Waals surface area contributed by atoms with Crippen molar-refractivity contribution in [3.8, 4) is 17.2 Å². The normalized spacial score (nSPS) is 13.6. The molecule has 0 saturated carbocycles. The number of carbonyl (C=O) groups excluding carboxylic acids is 1. The highest BCUT2D eigenvalue weighted by Crippen LogP contribution is 2.41. The van der Waals surface area contributed by atoms with Gasteiger partial charge in [-0.25, -0.2) is 8.42 Å². The Morgan fingerprint density at radius 1 is 0.553 bits per heavy atom. The summed E-state index contributed by atoms with van der Waals surface area (Å²) in [6.07, 6.45) is 0. The summed E-state index contributed by atoms with van der Waals surface area (Å²) in [5, 5.41) is 0. The largest absolute Gasteiger partial charge is 0.485 e. The minimum Gasteiger partial charge on any atom is -0.485 e. The van der Waals surface area contributed by atoms with Gasteiger partial charge in [0.05, 0.1) is 4.90 Å². The van der Waals surface area contributed by atoms with E-state index in [-0.39, 0.29) is 56.8 Å². The lowest BCUT2D eigenvalue weighted by atomic mass is 10.1. The smallest absolute Gasteiger partial charge is 0.254 e. The van der Waals surface area contributed by atoms with Crippen LogP contribution >= 0.6 is 0 Å². The van der Waals surface area contributed by atoms with E-state index in [0.29, 0.717) is 22.8 Å². The van der Waals surface area contributed by atoms with Crippen LogP contribution in [0.1, 0.15) is 27.0 Å². The molecule has 47 heavy (non-hydrogen) atoms. The van der Waals surface area contributed by atoms with Crippen LogP contribution in [-0.2, 0) is 29.8 Å². The second-order valence-corrected chi connectivity index (χ2v) is 13.1. The predicted octanol–water partition coefficient (Wildman–Crippen LogP) is 6.57. The molecule has 9 heteroatoms. The maximum absolute atomic E-state index is 14.0. The van der Waals surface area contributed by atoms with Crippen molar-refractivity contribution in [2.24, 2.45) is 0 Å². The Bertz CT molecular complexity index is 1800. The molecule has 8 nitrogen and oxygen atoms in total. The zero-order valence-electron chi connectivity index (χ0n) is 25.9. The number of sulfonamides is 1. The van der Waals surface area contributed by atoms with Crippen molar-refractivity contribution in [1.82, 2.24) is 9.21 Å². The van der Waals surface area contributed by atoms with Gasteiger partial charge in [0.25, 0.3) is 5.91 Å². The molecule has 1 amide bonds. The average Bonchev–Trinajstić information content (AvgIpc) is 3.13. The first-order valence-electron chi connectivity index (χ1n) is 15.5. The molecule has 0 spiro atoms. The Hall–Kier alpha value is -5.12. The summed E-state index contributed by atoms with van der Waals surface area (Å²) in [6.45, 7) is 1.67. The molecule has 0 atom stereocenters. The fraction of sp³-hybridized carbons (Fsp3) is 0.184. The summed E-state index contributed by atoms with van der Waals surface area (Å²) in [5.74, 6) is 0.912. The van der Waals surface area contributed by atoms with Crippen molar-refractivity contribution in [2.75, 3.05) is 26.2 Å². The number of nitrogens with zero attached hydrogens (tertiary/aromatic N) is 2. The number of benzene rings is 5. The third kappa shape index (κ3) is 8.00. The zero-order valence-corrected chi connectivity index (χ0v) is 26.7. The fourth-order valence-electron chi connectivity index (χ4n) is 5.31. The van der Waals surface area contributed by atoms with Crippen LogP contribution in [-0.4, -0.2) is 49.7 Å². The monoisotopic (exact) mass is 648 g/mol. The van der Waals surface area contributed by atoms with Gasteiger partial charge in [-0.2, -0.15) is 4.31 Å². The van der Waals surface area contributed by atoms with E-state index in [0.717, 1.165) is 16.7 Å². The highest BCUT2D eigenvalue weighted by molar-refractivity contribution is 7.89. The molecule has 1 heterocycles. The zero-order chi connectivity index (χ0) is 32.5. The van der Waals surface area contributed by atoms with Crippen molar-refractivity contribution in [1.29, 1.82) is 0 Å². The van der Waals surface area contributed by atoms with Crippen LogP contribution in [0.4, 0.5) is 0 Å². The van der Waals surface area contributed by atoms with Crippen LogP contribution < -0.4 is 14.2 Å². The molecule has 5 aromatic rings. The fourth-order valence-corrected chi connectivity index (χ4v) is 6.76. The molecule has 240 valence electrons. The Morgan fingerprint density at radius 2 is 0.957 bits per heavy atom. The van der Waals surface area contributed by atoms with Crippen LogP contribution in [0.25, 0.3) is 0 Å². The number of ether oxygens (including phenoxy) is 3. The summed E-state index contributed by atoms with van der Waals surface area (Å²) >= 11 is 0. The summed E-state index contributed by atoms with van der Waals surface area (Å²) < 4.78 is 46.8. The topological polar surface area (TPSA) is 85.4 Å². The van der Waals surface area contributed by atoms with E-state index < -0.39 is 10.0 Å². The van der Waals surface area contributed by atoms with E-state index in [2.05, 4.69) is 0 Å². The third-order valence-corrected chi connectivity index (χ3v) is 9.79. The van der Waals surface area contributed by atoms with Gasteiger partial charge in [-0.05, 0) is 41.0 Å². The van der Waals surface area contributed by atoms with E-state index in [9.17, 15) is 13.2 Å². The molecular formula is C38H36N2O6S. The van der Waals surface area contributed by atoms with Gasteiger partial charge in [-0.3, -0.25) is 4.79 Å². The standard InChI is InChI=1S/C38H36N2O6S/c41-38(39-21-23-40(24-22-39)47(42,43)34-19-11-4-12-20-34)33-25-35(44-27-30-13-5-1-6-14-30)37(46-29-32-17-9-3-10-18-32)36(26-33)45-28-31-15-7-2-8-16-31/h1-20,25-26H,21-24,27-29H2. The van der Waals surface area contributed by atoms with Crippen molar-refractivity contribution in [2.45, 2.75) is 24.7 Å². The first-order chi connectivity index (χ1) is 23.0. The maximum atomic E-state index is 14.0. The van der Waals surface area contributed by atoms with E-state index in [1.54, 1.807) is 47.4 Å². The molecular weight excluding hydrogens is 612 g/mol. The van der Waals surface area contributed by atoms with Crippen LogP contribution in [0.2, 0.25) is 0 Å². The Kier molecular flexibility index (Phi) is 10.2. The highest BCUT2D eigenvalue weighted by atomic mass is 32.2. The van der Waals surface area contributed by atoms with Crippen molar-refractivity contribution >= 4 is 15.9 Å². The van der Waals surface area contributed by atoms with Gasteiger partial charge in [-0.1, -0.05) is 109 Å². The minimum absolute atomic E-state index is 0.190. The van der Waals surface area contributed by atoms with E-state index in [4.69, 9.17) is 14.2 Å². The molecule has 0 aliphatic carbocycles. The maximum Gasteiger partial charge on any atom is 0.254 e. The summed E-state index contributed by atoms with van der Waals surface area (Å²) in [4.78, 5) is 15.9. The van der Waals surface area contributed by atoms with Crippen molar-refractivity contribution in [3.63, 3.8) is 0 Å². The quantitative estimate of drug-likeness (QED) is 0.152. The summed E-state index contributed by atoms with van der Waals surface area (Å²) in [6, 6.07) is 41.1. The number of hydrogen-bond acceptors (Lipinski definition) is 6. The first-order valence-corrected chi connectivity index (χ1v) is 16.9. The lowest BCUT2D eigenvalue weighted by molar-refractivity contribution is 0.0696. The average molecular weight is 649 g/mol. The molecule has 6 rings (SSSR count). The Morgan fingerprint density at radius 3 is 1.40 bits per heavy atom. The number of amides is 1. The minimum atomic E-state index is -3.65. The molecule has 1 saturated heterocycles. The molecule has 0 radical (unpaired) electrons. The number of hydrogen-bond donors (Lipinski definition) is 0. The second kappa shape index (κ2) is 15.0. The third-order valence-electron chi connectivity index (χ3n) is 7.87.